The summed E-state index contributed by atoms with van der Waals surface area (Å²) in [6.45, 7) is 3.41. The van der Waals surface area contributed by atoms with Gasteiger partial charge in [0.05, 0.1) is 5.69 Å². The molecule has 0 radical (unpaired) electrons. The van der Waals surface area contributed by atoms with E-state index in [0.717, 1.165) is 0 Å². The van der Waals surface area contributed by atoms with Crippen LogP contribution in [0, 0.1) is 0 Å². The van der Waals surface area contributed by atoms with Gasteiger partial charge in [-0.25, -0.2) is 0 Å². The fourth-order valence-electron chi connectivity index (χ4n) is 1.33. The van der Waals surface area contributed by atoms with E-state index in [4.69, 9.17) is 10.9 Å². The summed E-state index contributed by atoms with van der Waals surface area (Å²) in [5.41, 5.74) is 6.00. The first-order valence-corrected chi connectivity index (χ1v) is 6.71. The largest absolute Gasteiger partial charge is 0.409 e. The van der Waals surface area contributed by atoms with Gasteiger partial charge in [-0.3, -0.25) is 4.72 Å². The average molecular weight is 272 g/mol. The summed E-state index contributed by atoms with van der Waals surface area (Å²) in [6, 6.07) is 6.12. The molecular formula is C10H16N4O3S. The smallest absolute Gasteiger partial charge is 0.299 e. The molecule has 0 fully saturated rings. The number of nitrogens with zero attached hydrogens (tertiary/aromatic N) is 1. The van der Waals surface area contributed by atoms with Gasteiger partial charge in [-0.05, 0) is 26.0 Å². The Morgan fingerprint density at radius 2 is 2.00 bits per heavy atom. The van der Waals surface area contributed by atoms with Crippen LogP contribution in [0.15, 0.2) is 29.4 Å². The topological polar surface area (TPSA) is 117 Å². The highest BCUT2D eigenvalue weighted by atomic mass is 32.2. The summed E-state index contributed by atoms with van der Waals surface area (Å²) < 4.78 is 28.1. The molecule has 100 valence electrons. The molecule has 0 aliphatic heterocycles. The van der Waals surface area contributed by atoms with Gasteiger partial charge in [-0.15, -0.1) is 0 Å². The van der Waals surface area contributed by atoms with Crippen LogP contribution in [0.25, 0.3) is 0 Å². The van der Waals surface area contributed by atoms with Crippen LogP contribution in [0.5, 0.6) is 0 Å². The zero-order valence-electron chi connectivity index (χ0n) is 10.1. The maximum Gasteiger partial charge on any atom is 0.299 e. The van der Waals surface area contributed by atoms with Gasteiger partial charge in [0.1, 0.15) is 0 Å². The second-order valence-electron chi connectivity index (χ2n) is 3.91. The minimum Gasteiger partial charge on any atom is -0.409 e. The van der Waals surface area contributed by atoms with E-state index in [9.17, 15) is 8.42 Å². The molecule has 7 nitrogen and oxygen atoms in total. The molecule has 0 aromatic heterocycles. The molecule has 0 unspecified atom stereocenters. The molecule has 5 N–H and O–H groups in total. The number of hydrogen-bond acceptors (Lipinski definition) is 4. The number of nitrogens with one attached hydrogen (secondary N) is 2. The number of amidine groups is 1. The summed E-state index contributed by atoms with van der Waals surface area (Å²) in [5, 5.41) is 11.5. The Balaban J connectivity index is 3.05. The van der Waals surface area contributed by atoms with Crippen molar-refractivity contribution in [3.8, 4) is 0 Å². The summed E-state index contributed by atoms with van der Waals surface area (Å²) >= 11 is 0. The Morgan fingerprint density at radius 1 is 1.39 bits per heavy atom. The molecule has 1 aromatic rings. The summed E-state index contributed by atoms with van der Waals surface area (Å²) in [7, 11) is -3.69. The van der Waals surface area contributed by atoms with Gasteiger partial charge >= 0.3 is 0 Å². The minimum atomic E-state index is -3.69. The lowest BCUT2D eigenvalue weighted by Crippen LogP contribution is -2.35. The predicted octanol–water partition coefficient (Wildman–Crippen LogP) is 0.436. The number of para-hydroxylation sites is 1. The normalized spacial score (nSPS) is 12.7. The number of rotatable bonds is 5. The van der Waals surface area contributed by atoms with Crippen LogP contribution in [0.4, 0.5) is 5.69 Å². The number of nitrogens with two attached hydrogens (primary N) is 1. The zero-order valence-corrected chi connectivity index (χ0v) is 10.9. The molecule has 0 saturated carbocycles. The van der Waals surface area contributed by atoms with Crippen molar-refractivity contribution >= 4 is 21.7 Å². The summed E-state index contributed by atoms with van der Waals surface area (Å²) in [5.74, 6) is -0.169. The van der Waals surface area contributed by atoms with Crippen LogP contribution < -0.4 is 15.2 Å². The van der Waals surface area contributed by atoms with E-state index in [2.05, 4.69) is 14.6 Å². The number of hydrogen-bond donors (Lipinski definition) is 4. The molecule has 0 saturated heterocycles. The maximum absolute atomic E-state index is 11.7. The molecular weight excluding hydrogens is 256 g/mol. The molecule has 0 aliphatic rings. The van der Waals surface area contributed by atoms with E-state index in [1.54, 1.807) is 32.0 Å². The fraction of sp³-hybridized carbons (Fsp3) is 0.300. The standard InChI is InChI=1S/C10H16N4O3S/c1-7(2)13-18(16,17)14-9-6-4-3-5-8(9)10(11)12-15/h3-7,13-15H,1-2H3,(H2,11,12). The van der Waals surface area contributed by atoms with E-state index in [-0.39, 0.29) is 17.6 Å². The molecule has 0 aliphatic carbocycles. The van der Waals surface area contributed by atoms with Crippen LogP contribution in [-0.4, -0.2) is 25.5 Å². The Morgan fingerprint density at radius 3 is 2.56 bits per heavy atom. The minimum absolute atomic E-state index is 0.169. The summed E-state index contributed by atoms with van der Waals surface area (Å²) in [4.78, 5) is 0. The molecule has 18 heavy (non-hydrogen) atoms. The van der Waals surface area contributed by atoms with Crippen molar-refractivity contribution in [2.24, 2.45) is 10.9 Å². The van der Waals surface area contributed by atoms with Crippen LogP contribution in [0.1, 0.15) is 19.4 Å². The van der Waals surface area contributed by atoms with Crippen LogP contribution in [0.3, 0.4) is 0 Å². The lowest BCUT2D eigenvalue weighted by atomic mass is 10.2. The van der Waals surface area contributed by atoms with Gasteiger partial charge in [0.15, 0.2) is 5.84 Å². The Bertz CT molecular complexity index is 540. The Labute approximate surface area is 106 Å². The molecule has 0 spiro atoms. The molecule has 1 aromatic carbocycles. The molecule has 8 heteroatoms. The molecule has 0 atom stereocenters. The number of oxime groups is 1. The monoisotopic (exact) mass is 272 g/mol. The average Bonchev–Trinajstić information content (AvgIpc) is 2.26. The SMILES string of the molecule is CC(C)NS(=O)(=O)Nc1ccccc1/C(N)=N/O. The van der Waals surface area contributed by atoms with Gasteiger partial charge in [0.2, 0.25) is 0 Å². The van der Waals surface area contributed by atoms with E-state index in [1.165, 1.54) is 6.07 Å². The first-order valence-electron chi connectivity index (χ1n) is 5.22. The highest BCUT2D eigenvalue weighted by Gasteiger charge is 2.14. The number of anilines is 1. The lowest BCUT2D eigenvalue weighted by Gasteiger charge is -2.13. The zero-order chi connectivity index (χ0) is 13.8. The van der Waals surface area contributed by atoms with Crippen LogP contribution >= 0.6 is 0 Å². The second-order valence-corrected chi connectivity index (χ2v) is 5.36. The lowest BCUT2D eigenvalue weighted by molar-refractivity contribution is 0.318. The van der Waals surface area contributed by atoms with E-state index >= 15 is 0 Å². The quantitative estimate of drug-likeness (QED) is 0.269. The van der Waals surface area contributed by atoms with Crippen molar-refractivity contribution in [2.45, 2.75) is 19.9 Å². The van der Waals surface area contributed by atoms with Gasteiger partial charge < -0.3 is 10.9 Å². The van der Waals surface area contributed by atoms with Gasteiger partial charge in [0, 0.05) is 11.6 Å². The van der Waals surface area contributed by atoms with Crippen molar-refractivity contribution in [1.82, 2.24) is 4.72 Å². The van der Waals surface area contributed by atoms with Crippen LogP contribution in [0.2, 0.25) is 0 Å². The second kappa shape index (κ2) is 5.69. The van der Waals surface area contributed by atoms with Gasteiger partial charge in [-0.1, -0.05) is 17.3 Å². The van der Waals surface area contributed by atoms with Gasteiger partial charge in [-0.2, -0.15) is 13.1 Å². The highest BCUT2D eigenvalue weighted by molar-refractivity contribution is 7.90. The molecule has 0 amide bonds. The first kappa shape index (κ1) is 14.3. The van der Waals surface area contributed by atoms with E-state index in [0.29, 0.717) is 5.56 Å². The van der Waals surface area contributed by atoms with E-state index < -0.39 is 10.2 Å². The predicted molar refractivity (Wildman–Crippen MR) is 69.8 cm³/mol. The van der Waals surface area contributed by atoms with Crippen molar-refractivity contribution in [3.63, 3.8) is 0 Å². The van der Waals surface area contributed by atoms with Crippen molar-refractivity contribution in [2.75, 3.05) is 4.72 Å². The molecule has 0 bridgehead atoms. The van der Waals surface area contributed by atoms with Crippen LogP contribution in [-0.2, 0) is 10.2 Å². The number of benzene rings is 1. The third-order valence-electron chi connectivity index (χ3n) is 1.95. The molecule has 1 rings (SSSR count). The van der Waals surface area contributed by atoms with Crippen molar-refractivity contribution in [1.29, 1.82) is 0 Å². The van der Waals surface area contributed by atoms with Gasteiger partial charge in [0.25, 0.3) is 10.2 Å². The van der Waals surface area contributed by atoms with E-state index in [1.807, 2.05) is 0 Å². The van der Waals surface area contributed by atoms with Crippen molar-refractivity contribution in [3.05, 3.63) is 29.8 Å². The Hall–Kier alpha value is -1.80. The molecule has 0 heterocycles. The fourth-order valence-corrected chi connectivity index (χ4v) is 2.48. The third kappa shape index (κ3) is 3.90. The highest BCUT2D eigenvalue weighted by Crippen LogP contribution is 2.15. The van der Waals surface area contributed by atoms with Crippen molar-refractivity contribution < 1.29 is 13.6 Å². The summed E-state index contributed by atoms with van der Waals surface area (Å²) in [6.07, 6.45) is 0. The Kier molecular flexibility index (Phi) is 4.51. The first-order chi connectivity index (χ1) is 8.35. The third-order valence-corrected chi connectivity index (χ3v) is 3.22. The maximum atomic E-state index is 11.7.